The molecule has 2 amide bonds. The van der Waals surface area contributed by atoms with Crippen LogP contribution in [-0.4, -0.2) is 79.9 Å². The predicted octanol–water partition coefficient (Wildman–Crippen LogP) is 2.48. The summed E-state index contributed by atoms with van der Waals surface area (Å²) in [6.07, 6.45) is 1.45. The highest BCUT2D eigenvalue weighted by molar-refractivity contribution is 7.89. The maximum Gasteiger partial charge on any atom is 0.409 e. The van der Waals surface area contributed by atoms with Crippen LogP contribution >= 0.6 is 0 Å². The summed E-state index contributed by atoms with van der Waals surface area (Å²) in [6, 6.07) is 6.03. The number of aryl methyl sites for hydroxylation is 1. The largest absolute Gasteiger partial charge is 0.449 e. The Morgan fingerprint density at radius 2 is 1.65 bits per heavy atom. The van der Waals surface area contributed by atoms with E-state index in [1.807, 2.05) is 20.8 Å². The minimum atomic E-state index is -3.74. The van der Waals surface area contributed by atoms with Crippen molar-refractivity contribution in [1.82, 2.24) is 14.1 Å². The number of ether oxygens (including phenoxy) is 1. The minimum Gasteiger partial charge on any atom is -0.449 e. The van der Waals surface area contributed by atoms with Gasteiger partial charge in [0.15, 0.2) is 0 Å². The zero-order chi connectivity index (χ0) is 22.6. The van der Waals surface area contributed by atoms with E-state index < -0.39 is 16.1 Å². The average molecular weight is 452 g/mol. The molecule has 0 N–H and O–H groups in total. The number of carbonyl (C=O) groups is 2. The van der Waals surface area contributed by atoms with Gasteiger partial charge < -0.3 is 14.5 Å². The van der Waals surface area contributed by atoms with Gasteiger partial charge in [0.05, 0.1) is 11.5 Å². The van der Waals surface area contributed by atoms with E-state index in [2.05, 4.69) is 0 Å². The molecule has 0 spiro atoms. The van der Waals surface area contributed by atoms with E-state index in [9.17, 15) is 18.0 Å². The van der Waals surface area contributed by atoms with Crippen molar-refractivity contribution >= 4 is 22.0 Å². The molecular weight excluding hydrogens is 418 g/mol. The number of carbonyl (C=O) groups excluding carboxylic acids is 2. The summed E-state index contributed by atoms with van der Waals surface area (Å²) >= 11 is 0. The zero-order valence-electron chi connectivity index (χ0n) is 18.6. The van der Waals surface area contributed by atoms with Gasteiger partial charge >= 0.3 is 6.09 Å². The molecule has 2 saturated heterocycles. The van der Waals surface area contributed by atoms with Crippen molar-refractivity contribution in [3.63, 3.8) is 0 Å². The molecule has 2 heterocycles. The second-order valence-corrected chi connectivity index (χ2v) is 10.6. The fourth-order valence-electron chi connectivity index (χ4n) is 3.98. The minimum absolute atomic E-state index is 0.175. The molecule has 0 bridgehead atoms. The van der Waals surface area contributed by atoms with Crippen LogP contribution in [0.2, 0.25) is 0 Å². The van der Waals surface area contributed by atoms with Crippen molar-refractivity contribution < 1.29 is 22.7 Å². The SMILES string of the molecule is Cc1ccc(S(=O)(=O)N2CCC[C@H]2C(=O)N2CCCN(C(=O)OCC(C)C)CC2)cc1. The normalized spacial score (nSPS) is 20.7. The van der Waals surface area contributed by atoms with Crippen molar-refractivity contribution in [2.75, 3.05) is 39.3 Å². The van der Waals surface area contributed by atoms with Crippen molar-refractivity contribution in [3.8, 4) is 0 Å². The molecule has 1 atom stereocenters. The van der Waals surface area contributed by atoms with Crippen LogP contribution in [0.25, 0.3) is 0 Å². The molecular formula is C22H33N3O5S. The Kier molecular flexibility index (Phi) is 7.59. The molecule has 1 aromatic carbocycles. The van der Waals surface area contributed by atoms with Crippen LogP contribution in [0.1, 0.15) is 38.7 Å². The Hall–Kier alpha value is -2.13. The van der Waals surface area contributed by atoms with Gasteiger partial charge in [-0.3, -0.25) is 4.79 Å². The van der Waals surface area contributed by atoms with Crippen LogP contribution < -0.4 is 0 Å². The molecule has 2 aliphatic heterocycles. The lowest BCUT2D eigenvalue weighted by Crippen LogP contribution is -2.48. The van der Waals surface area contributed by atoms with Crippen LogP contribution in [-0.2, 0) is 19.6 Å². The summed E-state index contributed by atoms with van der Waals surface area (Å²) in [5.41, 5.74) is 0.981. The summed E-state index contributed by atoms with van der Waals surface area (Å²) in [5.74, 6) is 0.0865. The van der Waals surface area contributed by atoms with E-state index in [1.165, 1.54) is 4.31 Å². The van der Waals surface area contributed by atoms with E-state index in [0.29, 0.717) is 58.6 Å². The quantitative estimate of drug-likeness (QED) is 0.686. The van der Waals surface area contributed by atoms with Crippen LogP contribution in [0.3, 0.4) is 0 Å². The summed E-state index contributed by atoms with van der Waals surface area (Å²) in [7, 11) is -3.74. The Bertz CT molecular complexity index is 885. The lowest BCUT2D eigenvalue weighted by molar-refractivity contribution is -0.134. The van der Waals surface area contributed by atoms with E-state index >= 15 is 0 Å². The molecule has 0 unspecified atom stereocenters. The average Bonchev–Trinajstić information content (AvgIpc) is 3.11. The number of nitrogens with zero attached hydrogens (tertiary/aromatic N) is 3. The number of hydrogen-bond acceptors (Lipinski definition) is 5. The maximum atomic E-state index is 13.3. The number of sulfonamides is 1. The molecule has 0 aromatic heterocycles. The number of benzene rings is 1. The Labute approximate surface area is 185 Å². The highest BCUT2D eigenvalue weighted by Gasteiger charge is 2.41. The van der Waals surface area contributed by atoms with Gasteiger partial charge in [-0.05, 0) is 44.2 Å². The maximum absolute atomic E-state index is 13.3. The van der Waals surface area contributed by atoms with E-state index in [1.54, 1.807) is 34.1 Å². The highest BCUT2D eigenvalue weighted by Crippen LogP contribution is 2.28. The lowest BCUT2D eigenvalue weighted by Gasteiger charge is -2.29. The molecule has 2 fully saturated rings. The van der Waals surface area contributed by atoms with E-state index in [0.717, 1.165) is 5.56 Å². The van der Waals surface area contributed by atoms with Crippen LogP contribution in [0, 0.1) is 12.8 Å². The molecule has 0 saturated carbocycles. The van der Waals surface area contributed by atoms with E-state index in [-0.39, 0.29) is 22.8 Å². The Morgan fingerprint density at radius 1 is 1.00 bits per heavy atom. The van der Waals surface area contributed by atoms with Gasteiger partial charge in [-0.25, -0.2) is 13.2 Å². The number of amides is 2. The van der Waals surface area contributed by atoms with E-state index in [4.69, 9.17) is 4.74 Å². The summed E-state index contributed by atoms with van der Waals surface area (Å²) in [5, 5.41) is 0. The topological polar surface area (TPSA) is 87.2 Å². The van der Waals surface area contributed by atoms with Crippen LogP contribution in [0.15, 0.2) is 29.2 Å². The van der Waals surface area contributed by atoms with Gasteiger partial charge in [0, 0.05) is 32.7 Å². The second kappa shape index (κ2) is 9.99. The van der Waals surface area contributed by atoms with Gasteiger partial charge in [0.1, 0.15) is 6.04 Å². The Balaban J connectivity index is 1.66. The molecule has 0 aliphatic carbocycles. The molecule has 3 rings (SSSR count). The molecule has 1 aromatic rings. The van der Waals surface area contributed by atoms with Gasteiger partial charge in [0.25, 0.3) is 0 Å². The van der Waals surface area contributed by atoms with Gasteiger partial charge in [-0.1, -0.05) is 31.5 Å². The van der Waals surface area contributed by atoms with Crippen molar-refractivity contribution in [3.05, 3.63) is 29.8 Å². The first kappa shape index (κ1) is 23.5. The zero-order valence-corrected chi connectivity index (χ0v) is 19.4. The highest BCUT2D eigenvalue weighted by atomic mass is 32.2. The fraction of sp³-hybridized carbons (Fsp3) is 0.636. The summed E-state index contributed by atoms with van der Waals surface area (Å²) < 4.78 is 33.0. The molecule has 8 nitrogen and oxygen atoms in total. The molecule has 31 heavy (non-hydrogen) atoms. The first-order valence-electron chi connectivity index (χ1n) is 11.0. The fourth-order valence-corrected chi connectivity index (χ4v) is 5.63. The lowest BCUT2D eigenvalue weighted by atomic mass is 10.2. The van der Waals surface area contributed by atoms with Gasteiger partial charge in [-0.2, -0.15) is 4.31 Å². The third-order valence-electron chi connectivity index (χ3n) is 5.72. The predicted molar refractivity (Wildman–Crippen MR) is 117 cm³/mol. The van der Waals surface area contributed by atoms with Crippen molar-refractivity contribution in [1.29, 1.82) is 0 Å². The molecule has 2 aliphatic rings. The molecule has 9 heteroatoms. The summed E-state index contributed by atoms with van der Waals surface area (Å²) in [6.45, 7) is 8.37. The van der Waals surface area contributed by atoms with Crippen LogP contribution in [0.5, 0.6) is 0 Å². The smallest absolute Gasteiger partial charge is 0.409 e. The standard InChI is InChI=1S/C22H33N3O5S/c1-17(2)16-30-22(27)24-12-5-11-23(14-15-24)21(26)20-6-4-13-25(20)31(28,29)19-9-7-18(3)8-10-19/h7-10,17,20H,4-6,11-16H2,1-3H3/t20-/m0/s1. The van der Waals surface area contributed by atoms with Crippen LogP contribution in [0.4, 0.5) is 4.79 Å². The first-order chi connectivity index (χ1) is 14.7. The van der Waals surface area contributed by atoms with Crippen molar-refractivity contribution in [2.24, 2.45) is 5.92 Å². The Morgan fingerprint density at radius 3 is 2.32 bits per heavy atom. The number of rotatable bonds is 5. The molecule has 172 valence electrons. The third kappa shape index (κ3) is 5.57. The number of hydrogen-bond donors (Lipinski definition) is 0. The monoisotopic (exact) mass is 451 g/mol. The third-order valence-corrected chi connectivity index (χ3v) is 7.64. The summed E-state index contributed by atoms with van der Waals surface area (Å²) in [4.78, 5) is 29.1. The second-order valence-electron chi connectivity index (χ2n) is 8.72. The van der Waals surface area contributed by atoms with Gasteiger partial charge in [0.2, 0.25) is 15.9 Å². The first-order valence-corrected chi connectivity index (χ1v) is 12.4. The van der Waals surface area contributed by atoms with Gasteiger partial charge in [-0.15, -0.1) is 0 Å². The molecule has 0 radical (unpaired) electrons. The van der Waals surface area contributed by atoms with Crippen molar-refractivity contribution in [2.45, 2.75) is 51.0 Å².